The third kappa shape index (κ3) is 4.09. The van der Waals surface area contributed by atoms with Gasteiger partial charge in [-0.15, -0.1) is 0 Å². The molecule has 0 aromatic carbocycles. The lowest BCUT2D eigenvalue weighted by atomic mass is 9.99. The highest BCUT2D eigenvalue weighted by atomic mass is 16.5. The normalized spacial score (nSPS) is 30.4. The number of nitrogens with one attached hydrogen (secondary N) is 1. The first-order valence-electron chi connectivity index (χ1n) is 6.18. The summed E-state index contributed by atoms with van der Waals surface area (Å²) in [6.45, 7) is 7.69. The standard InChI is InChI=1S/C12H26N2O/c1-10(8-9-15-4)13-14-11(2)6-5-7-12(14)3/h10-13H,5-9H2,1-4H3. The Morgan fingerprint density at radius 2 is 1.93 bits per heavy atom. The number of nitrogens with zero attached hydrogens (tertiary/aromatic N) is 1. The molecule has 0 amide bonds. The SMILES string of the molecule is COCCC(C)NN1C(C)CCCC1C. The molecule has 1 heterocycles. The Bertz CT molecular complexity index is 165. The maximum Gasteiger partial charge on any atom is 0.0477 e. The molecular formula is C12H26N2O. The zero-order chi connectivity index (χ0) is 11.3. The maximum absolute atomic E-state index is 5.10. The fourth-order valence-corrected chi connectivity index (χ4v) is 2.29. The molecule has 0 saturated carbocycles. The minimum absolute atomic E-state index is 0.507. The van der Waals surface area contributed by atoms with Crippen LogP contribution in [0, 0.1) is 0 Å². The van der Waals surface area contributed by atoms with Gasteiger partial charge in [0.1, 0.15) is 0 Å². The van der Waals surface area contributed by atoms with E-state index >= 15 is 0 Å². The topological polar surface area (TPSA) is 24.5 Å². The highest BCUT2D eigenvalue weighted by Gasteiger charge is 2.25. The summed E-state index contributed by atoms with van der Waals surface area (Å²) in [5, 5.41) is 2.43. The number of hydrogen-bond donors (Lipinski definition) is 1. The van der Waals surface area contributed by atoms with Crippen molar-refractivity contribution in [3.63, 3.8) is 0 Å². The van der Waals surface area contributed by atoms with E-state index in [4.69, 9.17) is 4.74 Å². The summed E-state index contributed by atoms with van der Waals surface area (Å²) in [5.74, 6) is 0. The molecule has 0 radical (unpaired) electrons. The van der Waals surface area contributed by atoms with Crippen LogP contribution in [0.2, 0.25) is 0 Å². The van der Waals surface area contributed by atoms with E-state index in [1.165, 1.54) is 19.3 Å². The van der Waals surface area contributed by atoms with Crippen LogP contribution in [0.25, 0.3) is 0 Å². The van der Waals surface area contributed by atoms with Gasteiger partial charge in [-0.05, 0) is 40.0 Å². The molecule has 0 aliphatic carbocycles. The van der Waals surface area contributed by atoms with Gasteiger partial charge < -0.3 is 4.74 Å². The number of hydrogen-bond acceptors (Lipinski definition) is 3. The summed E-state index contributed by atoms with van der Waals surface area (Å²) in [5.41, 5.74) is 3.61. The van der Waals surface area contributed by atoms with Crippen LogP contribution < -0.4 is 5.43 Å². The van der Waals surface area contributed by atoms with Gasteiger partial charge in [0.25, 0.3) is 0 Å². The van der Waals surface area contributed by atoms with E-state index in [0.29, 0.717) is 18.1 Å². The van der Waals surface area contributed by atoms with Crippen LogP contribution in [0.3, 0.4) is 0 Å². The summed E-state index contributed by atoms with van der Waals surface area (Å²) in [4.78, 5) is 0. The van der Waals surface area contributed by atoms with E-state index in [1.54, 1.807) is 7.11 Å². The van der Waals surface area contributed by atoms with Crippen molar-refractivity contribution in [2.45, 2.75) is 64.6 Å². The van der Waals surface area contributed by atoms with Gasteiger partial charge in [0.15, 0.2) is 0 Å². The van der Waals surface area contributed by atoms with E-state index in [2.05, 4.69) is 31.2 Å². The molecule has 3 heteroatoms. The van der Waals surface area contributed by atoms with Crippen LogP contribution in [0.1, 0.15) is 46.5 Å². The number of methoxy groups -OCH3 is 1. The zero-order valence-corrected chi connectivity index (χ0v) is 10.6. The first kappa shape index (κ1) is 12.9. The maximum atomic E-state index is 5.10. The lowest BCUT2D eigenvalue weighted by Gasteiger charge is -2.40. The van der Waals surface area contributed by atoms with E-state index in [-0.39, 0.29) is 0 Å². The van der Waals surface area contributed by atoms with E-state index in [1.807, 2.05) is 0 Å². The number of ether oxygens (including phenoxy) is 1. The van der Waals surface area contributed by atoms with E-state index < -0.39 is 0 Å². The summed E-state index contributed by atoms with van der Waals surface area (Å²) < 4.78 is 5.10. The van der Waals surface area contributed by atoms with Gasteiger partial charge in [-0.1, -0.05) is 6.42 Å². The Labute approximate surface area is 94.1 Å². The van der Waals surface area contributed by atoms with Crippen LogP contribution in [-0.4, -0.2) is 36.9 Å². The number of rotatable bonds is 5. The predicted molar refractivity (Wildman–Crippen MR) is 63.7 cm³/mol. The second kappa shape index (κ2) is 6.46. The molecule has 1 saturated heterocycles. The highest BCUT2D eigenvalue weighted by Crippen LogP contribution is 2.20. The van der Waals surface area contributed by atoms with Crippen LogP contribution >= 0.6 is 0 Å². The molecule has 1 N–H and O–H groups in total. The number of piperidine rings is 1. The molecule has 3 unspecified atom stereocenters. The lowest BCUT2D eigenvalue weighted by Crippen LogP contribution is -2.54. The quantitative estimate of drug-likeness (QED) is 0.759. The number of hydrazine groups is 1. The van der Waals surface area contributed by atoms with Crippen LogP contribution in [-0.2, 0) is 4.74 Å². The summed E-state index contributed by atoms with van der Waals surface area (Å²) >= 11 is 0. The van der Waals surface area contributed by atoms with Crippen LogP contribution in [0.4, 0.5) is 0 Å². The van der Waals surface area contributed by atoms with Crippen molar-refractivity contribution < 1.29 is 4.74 Å². The lowest BCUT2D eigenvalue weighted by molar-refractivity contribution is 0.0266. The summed E-state index contributed by atoms with van der Waals surface area (Å²) in [6.07, 6.45) is 5.07. The molecular weight excluding hydrogens is 188 g/mol. The van der Waals surface area contributed by atoms with Crippen LogP contribution in [0.15, 0.2) is 0 Å². The minimum Gasteiger partial charge on any atom is -0.385 e. The molecule has 1 rings (SSSR count). The minimum atomic E-state index is 0.507. The van der Waals surface area contributed by atoms with E-state index in [9.17, 15) is 0 Å². The fourth-order valence-electron chi connectivity index (χ4n) is 2.29. The van der Waals surface area contributed by atoms with Gasteiger partial charge in [0.05, 0.1) is 0 Å². The van der Waals surface area contributed by atoms with Gasteiger partial charge >= 0.3 is 0 Å². The summed E-state index contributed by atoms with van der Waals surface area (Å²) in [7, 11) is 1.76. The Balaban J connectivity index is 2.33. The van der Waals surface area contributed by atoms with Crippen molar-refractivity contribution >= 4 is 0 Å². The van der Waals surface area contributed by atoms with Crippen molar-refractivity contribution in [1.29, 1.82) is 0 Å². The average molecular weight is 214 g/mol. The van der Waals surface area contributed by atoms with Crippen molar-refractivity contribution in [2.75, 3.05) is 13.7 Å². The molecule has 0 aromatic heterocycles. The molecule has 90 valence electrons. The molecule has 1 fully saturated rings. The fraction of sp³-hybridized carbons (Fsp3) is 1.00. The van der Waals surface area contributed by atoms with Gasteiger partial charge in [-0.2, -0.15) is 0 Å². The third-order valence-corrected chi connectivity index (χ3v) is 3.32. The molecule has 0 bridgehead atoms. The Morgan fingerprint density at radius 1 is 1.33 bits per heavy atom. The molecule has 15 heavy (non-hydrogen) atoms. The molecule has 3 atom stereocenters. The molecule has 0 aromatic rings. The largest absolute Gasteiger partial charge is 0.385 e. The Hall–Kier alpha value is -0.120. The van der Waals surface area contributed by atoms with Crippen molar-refractivity contribution in [3.8, 4) is 0 Å². The van der Waals surface area contributed by atoms with Crippen LogP contribution in [0.5, 0.6) is 0 Å². The molecule has 1 aliphatic rings. The summed E-state index contributed by atoms with van der Waals surface area (Å²) in [6, 6.07) is 1.84. The molecule has 3 nitrogen and oxygen atoms in total. The first-order valence-corrected chi connectivity index (χ1v) is 6.18. The second-order valence-electron chi connectivity index (χ2n) is 4.85. The average Bonchev–Trinajstić information content (AvgIpc) is 2.21. The smallest absolute Gasteiger partial charge is 0.0477 e. The zero-order valence-electron chi connectivity index (χ0n) is 10.6. The van der Waals surface area contributed by atoms with Crippen molar-refractivity contribution in [3.05, 3.63) is 0 Å². The Kier molecular flexibility index (Phi) is 5.58. The van der Waals surface area contributed by atoms with Gasteiger partial charge in [0, 0.05) is 31.8 Å². The van der Waals surface area contributed by atoms with Crippen molar-refractivity contribution in [1.82, 2.24) is 10.4 Å². The van der Waals surface area contributed by atoms with Gasteiger partial charge in [0.2, 0.25) is 0 Å². The Morgan fingerprint density at radius 3 is 2.47 bits per heavy atom. The van der Waals surface area contributed by atoms with Crippen molar-refractivity contribution in [2.24, 2.45) is 0 Å². The molecule has 0 spiro atoms. The first-order chi connectivity index (χ1) is 7.15. The third-order valence-electron chi connectivity index (χ3n) is 3.32. The highest BCUT2D eigenvalue weighted by molar-refractivity contribution is 4.77. The van der Waals surface area contributed by atoms with Gasteiger partial charge in [-0.3, -0.25) is 5.43 Å². The molecule has 1 aliphatic heterocycles. The van der Waals surface area contributed by atoms with E-state index in [0.717, 1.165) is 13.0 Å². The predicted octanol–water partition coefficient (Wildman–Crippen LogP) is 2.18. The van der Waals surface area contributed by atoms with Gasteiger partial charge in [-0.25, -0.2) is 5.01 Å². The second-order valence-corrected chi connectivity index (χ2v) is 4.85. The monoisotopic (exact) mass is 214 g/mol.